The molecule has 2 aromatic rings. The quantitative estimate of drug-likeness (QED) is 0.695. The first kappa shape index (κ1) is 14.2. The lowest BCUT2D eigenvalue weighted by atomic mass is 10.2. The van der Waals surface area contributed by atoms with Gasteiger partial charge >= 0.3 is 7.94 Å². The van der Waals surface area contributed by atoms with Crippen LogP contribution < -0.4 is 13.6 Å². The van der Waals surface area contributed by atoms with E-state index in [9.17, 15) is 0 Å². The maximum absolute atomic E-state index is 6.23. The lowest BCUT2D eigenvalue weighted by Crippen LogP contribution is -2.29. The molecule has 0 saturated carbocycles. The van der Waals surface area contributed by atoms with Crippen LogP contribution in [0.2, 0.25) is 0 Å². The zero-order valence-electron chi connectivity index (χ0n) is 12.8. The summed E-state index contributed by atoms with van der Waals surface area (Å²) >= 11 is 0. The molecule has 0 bridgehead atoms. The van der Waals surface area contributed by atoms with Crippen molar-refractivity contribution in [3.63, 3.8) is 0 Å². The third-order valence-corrected chi connectivity index (χ3v) is 6.32. The summed E-state index contributed by atoms with van der Waals surface area (Å²) in [6, 6.07) is 15.7. The van der Waals surface area contributed by atoms with Gasteiger partial charge in [-0.15, -0.1) is 0 Å². The number of rotatable bonds is 2. The van der Waals surface area contributed by atoms with E-state index in [4.69, 9.17) is 13.6 Å². The predicted molar refractivity (Wildman–Crippen MR) is 86.2 cm³/mol. The van der Waals surface area contributed by atoms with E-state index in [1.54, 1.807) is 0 Å². The Bertz CT molecular complexity index is 619. The number of aryl methyl sites for hydroxylation is 1. The molecule has 3 rings (SSSR count). The van der Waals surface area contributed by atoms with Crippen LogP contribution in [0.15, 0.2) is 48.5 Å². The van der Waals surface area contributed by atoms with Crippen molar-refractivity contribution in [3.05, 3.63) is 54.1 Å². The van der Waals surface area contributed by atoms with Crippen LogP contribution in [-0.4, -0.2) is 5.16 Å². The minimum Gasteiger partial charge on any atom is -0.271 e. The second-order valence-corrected chi connectivity index (χ2v) is 9.09. The largest absolute Gasteiger partial charge is 0.547 e. The van der Waals surface area contributed by atoms with Crippen LogP contribution in [-0.2, 0) is 0 Å². The van der Waals surface area contributed by atoms with E-state index in [-0.39, 0.29) is 5.16 Å². The van der Waals surface area contributed by atoms with Gasteiger partial charge in [-0.3, -0.25) is 13.6 Å². The second kappa shape index (κ2) is 4.92. The van der Waals surface area contributed by atoms with E-state index in [0.717, 1.165) is 17.2 Å². The highest BCUT2D eigenvalue weighted by Gasteiger charge is 2.65. The Morgan fingerprint density at radius 1 is 0.857 bits per heavy atom. The van der Waals surface area contributed by atoms with Crippen LogP contribution in [0.3, 0.4) is 0 Å². The third-order valence-electron chi connectivity index (χ3n) is 3.35. The smallest absolute Gasteiger partial charge is 0.271 e. The van der Waals surface area contributed by atoms with Crippen LogP contribution in [0.5, 0.6) is 17.2 Å². The standard InChI is InChI=1S/C17H20O3P/c1-13-9-11-14(12-10-13)18-21(17(2,3)4)19-15-7-5-6-8-16(15)20-21/h5-12H,1-4H3/q+1. The van der Waals surface area contributed by atoms with E-state index >= 15 is 0 Å². The van der Waals surface area contributed by atoms with Gasteiger partial charge in [0.2, 0.25) is 11.5 Å². The summed E-state index contributed by atoms with van der Waals surface area (Å²) < 4.78 is 18.6. The normalized spacial score (nSPS) is 15.8. The van der Waals surface area contributed by atoms with Crippen LogP contribution in [0.4, 0.5) is 0 Å². The zero-order valence-corrected chi connectivity index (χ0v) is 13.7. The van der Waals surface area contributed by atoms with Gasteiger partial charge in [-0.25, -0.2) is 0 Å². The van der Waals surface area contributed by atoms with Crippen molar-refractivity contribution in [2.45, 2.75) is 32.9 Å². The van der Waals surface area contributed by atoms with Crippen molar-refractivity contribution in [1.82, 2.24) is 0 Å². The summed E-state index contributed by atoms with van der Waals surface area (Å²) in [5.41, 5.74) is 1.20. The Morgan fingerprint density at radius 2 is 1.38 bits per heavy atom. The van der Waals surface area contributed by atoms with E-state index in [1.807, 2.05) is 48.5 Å². The predicted octanol–water partition coefficient (Wildman–Crippen LogP) is 5.41. The first-order chi connectivity index (χ1) is 9.90. The molecule has 1 aliphatic heterocycles. The monoisotopic (exact) mass is 303 g/mol. The number of benzene rings is 2. The molecule has 0 fully saturated rings. The van der Waals surface area contributed by atoms with Crippen LogP contribution >= 0.6 is 7.94 Å². The van der Waals surface area contributed by atoms with Gasteiger partial charge in [0.25, 0.3) is 0 Å². The first-order valence-electron chi connectivity index (χ1n) is 7.03. The molecule has 1 heterocycles. The lowest BCUT2D eigenvalue weighted by Gasteiger charge is -2.26. The van der Waals surface area contributed by atoms with Crippen molar-refractivity contribution >= 4 is 7.94 Å². The fourth-order valence-corrected chi connectivity index (χ4v) is 4.22. The Labute approximate surface area is 126 Å². The summed E-state index contributed by atoms with van der Waals surface area (Å²) in [5.74, 6) is 2.29. The molecule has 0 aromatic heterocycles. The fraction of sp³-hybridized carbons (Fsp3) is 0.294. The molecule has 0 unspecified atom stereocenters. The summed E-state index contributed by atoms with van der Waals surface area (Å²) in [6.07, 6.45) is 0. The summed E-state index contributed by atoms with van der Waals surface area (Å²) in [6.45, 7) is 8.30. The highest BCUT2D eigenvalue weighted by atomic mass is 31.2. The van der Waals surface area contributed by atoms with Gasteiger partial charge < -0.3 is 0 Å². The highest BCUT2D eigenvalue weighted by molar-refractivity contribution is 7.64. The van der Waals surface area contributed by atoms with Crippen molar-refractivity contribution in [2.75, 3.05) is 0 Å². The van der Waals surface area contributed by atoms with E-state index < -0.39 is 7.94 Å². The van der Waals surface area contributed by atoms with Crippen molar-refractivity contribution < 1.29 is 13.6 Å². The molecule has 3 nitrogen and oxygen atoms in total. The maximum atomic E-state index is 6.23. The second-order valence-electron chi connectivity index (χ2n) is 6.20. The van der Waals surface area contributed by atoms with Gasteiger partial charge in [-0.2, -0.15) is 0 Å². The van der Waals surface area contributed by atoms with E-state index in [1.165, 1.54) is 5.56 Å². The fourth-order valence-electron chi connectivity index (χ4n) is 2.06. The van der Waals surface area contributed by atoms with Crippen LogP contribution in [0.1, 0.15) is 26.3 Å². The van der Waals surface area contributed by atoms with Gasteiger partial charge in [0.15, 0.2) is 10.9 Å². The molecule has 1 aliphatic rings. The molecule has 0 aliphatic carbocycles. The van der Waals surface area contributed by atoms with Crippen LogP contribution in [0, 0.1) is 6.92 Å². The summed E-state index contributed by atoms with van der Waals surface area (Å²) in [5, 5.41) is -0.253. The Morgan fingerprint density at radius 3 is 1.86 bits per heavy atom. The van der Waals surface area contributed by atoms with Crippen molar-refractivity contribution in [3.8, 4) is 17.2 Å². The number of hydrogen-bond acceptors (Lipinski definition) is 3. The summed E-state index contributed by atoms with van der Waals surface area (Å²) in [4.78, 5) is 0. The van der Waals surface area contributed by atoms with Crippen molar-refractivity contribution in [1.29, 1.82) is 0 Å². The molecule has 0 saturated heterocycles. The van der Waals surface area contributed by atoms with Gasteiger partial charge in [0.05, 0.1) is 0 Å². The van der Waals surface area contributed by atoms with Crippen LogP contribution in [0.25, 0.3) is 0 Å². The number of para-hydroxylation sites is 2. The third kappa shape index (κ3) is 2.58. The first-order valence-corrected chi connectivity index (χ1v) is 8.58. The van der Waals surface area contributed by atoms with Gasteiger partial charge in [-0.1, -0.05) is 29.8 Å². The average Bonchev–Trinajstić information content (AvgIpc) is 2.80. The van der Waals surface area contributed by atoms with Crippen molar-refractivity contribution in [2.24, 2.45) is 0 Å². The minimum absolute atomic E-state index is 0.253. The molecule has 0 spiro atoms. The highest BCUT2D eigenvalue weighted by Crippen LogP contribution is 2.74. The molecule has 110 valence electrons. The Hall–Kier alpha value is -1.73. The van der Waals surface area contributed by atoms with Gasteiger partial charge in [0, 0.05) is 0 Å². The Kier molecular flexibility index (Phi) is 3.33. The molecular formula is C17H20O3P+. The molecule has 0 atom stereocenters. The molecule has 0 radical (unpaired) electrons. The topological polar surface area (TPSA) is 27.7 Å². The molecule has 4 heteroatoms. The van der Waals surface area contributed by atoms with Gasteiger partial charge in [-0.05, 0) is 52.0 Å². The number of fused-ring (bicyclic) bond motifs is 1. The van der Waals surface area contributed by atoms with Gasteiger partial charge in [0.1, 0.15) is 0 Å². The Balaban J connectivity index is 1.95. The molecule has 2 aromatic carbocycles. The molecule has 0 N–H and O–H groups in total. The van der Waals surface area contributed by atoms with E-state index in [0.29, 0.717) is 0 Å². The molecule has 0 amide bonds. The molecular weight excluding hydrogens is 283 g/mol. The summed E-state index contributed by atoms with van der Waals surface area (Å²) in [7, 11) is -2.55. The lowest BCUT2D eigenvalue weighted by molar-refractivity contribution is 0.362. The average molecular weight is 303 g/mol. The molecule has 21 heavy (non-hydrogen) atoms. The zero-order chi connectivity index (χ0) is 15.1. The SMILES string of the molecule is Cc1ccc(O[P+]2(C(C)(C)C)Oc3ccccc3O2)cc1. The minimum atomic E-state index is -2.55. The number of hydrogen-bond donors (Lipinski definition) is 0. The maximum Gasteiger partial charge on any atom is 0.547 e. The van der Waals surface area contributed by atoms with E-state index in [2.05, 4.69) is 27.7 Å².